The van der Waals surface area contributed by atoms with E-state index >= 15 is 0 Å². The van der Waals surface area contributed by atoms with Crippen LogP contribution in [0.1, 0.15) is 46.8 Å². The lowest BCUT2D eigenvalue weighted by atomic mass is 9.98. The van der Waals surface area contributed by atoms with Crippen LogP contribution in [0.4, 0.5) is 0 Å². The Morgan fingerprint density at radius 1 is 1.22 bits per heavy atom. The van der Waals surface area contributed by atoms with Gasteiger partial charge in [-0.2, -0.15) is 0 Å². The number of nitrogens with one attached hydrogen (secondary N) is 1. The van der Waals surface area contributed by atoms with E-state index in [9.17, 15) is 9.59 Å². The van der Waals surface area contributed by atoms with Gasteiger partial charge in [-0.15, -0.1) is 0 Å². The molecule has 0 fully saturated rings. The van der Waals surface area contributed by atoms with Crippen molar-refractivity contribution in [2.75, 3.05) is 13.7 Å². The van der Waals surface area contributed by atoms with Gasteiger partial charge in [0.2, 0.25) is 5.91 Å². The van der Waals surface area contributed by atoms with Crippen molar-refractivity contribution in [2.45, 2.75) is 32.2 Å². The average Bonchev–Trinajstić information content (AvgIpc) is 2.66. The number of halogens is 1. The lowest BCUT2D eigenvalue weighted by molar-refractivity contribution is -0.122. The molecular formula is C21H22ClNO4. The number of hydrogen-bond acceptors (Lipinski definition) is 4. The van der Waals surface area contributed by atoms with Crippen LogP contribution in [0.15, 0.2) is 36.4 Å². The fourth-order valence-electron chi connectivity index (χ4n) is 3.19. The molecule has 0 bridgehead atoms. The lowest BCUT2D eigenvalue weighted by Gasteiger charge is -2.27. The van der Waals surface area contributed by atoms with Gasteiger partial charge in [-0.25, -0.2) is 0 Å². The van der Waals surface area contributed by atoms with Gasteiger partial charge in [0.1, 0.15) is 11.5 Å². The summed E-state index contributed by atoms with van der Waals surface area (Å²) in [4.78, 5) is 24.9. The summed E-state index contributed by atoms with van der Waals surface area (Å²) in [6.07, 6.45) is 0.900. The first-order valence-corrected chi connectivity index (χ1v) is 9.25. The minimum absolute atomic E-state index is 0.0897. The van der Waals surface area contributed by atoms with Crippen molar-refractivity contribution in [3.63, 3.8) is 0 Å². The molecular weight excluding hydrogens is 366 g/mol. The minimum atomic E-state index is -0.173. The van der Waals surface area contributed by atoms with E-state index in [0.717, 1.165) is 16.9 Å². The van der Waals surface area contributed by atoms with Crippen LogP contribution in [0.5, 0.6) is 11.5 Å². The molecule has 3 rings (SSSR count). The Labute approximate surface area is 163 Å². The number of Topliss-reactive ketones (excluding diaryl/α,β-unsaturated/α-hetero) is 1. The molecule has 1 amide bonds. The smallest absolute Gasteiger partial charge is 0.220 e. The molecule has 1 N–H and O–H groups in total. The predicted molar refractivity (Wildman–Crippen MR) is 104 cm³/mol. The highest BCUT2D eigenvalue weighted by atomic mass is 35.5. The summed E-state index contributed by atoms with van der Waals surface area (Å²) in [5, 5.41) is 3.48. The number of hydrogen-bond donors (Lipinski definition) is 1. The molecule has 5 nitrogen and oxygen atoms in total. The molecule has 142 valence electrons. The number of carbonyl (C=O) groups is 2. The Bertz CT molecular complexity index is 865. The fourth-order valence-corrected chi connectivity index (χ4v) is 3.36. The molecule has 0 saturated carbocycles. The van der Waals surface area contributed by atoms with Crippen molar-refractivity contribution in [2.24, 2.45) is 0 Å². The number of rotatable bonds is 6. The topological polar surface area (TPSA) is 64.6 Å². The van der Waals surface area contributed by atoms with E-state index < -0.39 is 0 Å². The number of carbonyl (C=O) groups excluding carboxylic acids is 2. The first-order chi connectivity index (χ1) is 13.0. The van der Waals surface area contributed by atoms with Crippen molar-refractivity contribution >= 4 is 23.3 Å². The second-order valence-corrected chi connectivity index (χ2v) is 7.00. The van der Waals surface area contributed by atoms with Crippen molar-refractivity contribution in [1.82, 2.24) is 5.32 Å². The van der Waals surface area contributed by atoms with Crippen LogP contribution < -0.4 is 14.8 Å². The molecule has 0 aromatic heterocycles. The highest BCUT2D eigenvalue weighted by molar-refractivity contribution is 6.31. The van der Waals surface area contributed by atoms with Gasteiger partial charge >= 0.3 is 0 Å². The third-order valence-corrected chi connectivity index (χ3v) is 4.82. The predicted octanol–water partition coefficient (Wildman–Crippen LogP) is 4.26. The molecule has 0 spiro atoms. The number of ketones is 1. The maximum Gasteiger partial charge on any atom is 0.220 e. The van der Waals surface area contributed by atoms with E-state index in [4.69, 9.17) is 21.1 Å². The first-order valence-electron chi connectivity index (χ1n) is 8.87. The number of fused-ring (bicyclic) bond motifs is 1. The Balaban J connectivity index is 1.62. The lowest BCUT2D eigenvalue weighted by Crippen LogP contribution is -2.32. The molecule has 6 heteroatoms. The quantitative estimate of drug-likeness (QED) is 0.752. The van der Waals surface area contributed by atoms with E-state index in [0.29, 0.717) is 29.4 Å². The van der Waals surface area contributed by atoms with E-state index in [1.807, 2.05) is 25.1 Å². The SMILES string of the molecule is COc1ccc(Cl)cc1C(=O)CCC(=O)NC1CCOc2ccc(C)cc21. The summed E-state index contributed by atoms with van der Waals surface area (Å²) in [7, 11) is 1.50. The standard InChI is InChI=1S/C21H22ClNO4/c1-13-3-6-20-15(11-13)17(9-10-27-20)23-21(25)8-5-18(24)16-12-14(22)4-7-19(16)26-2/h3-4,6-7,11-12,17H,5,8-10H2,1-2H3,(H,23,25). The number of aryl methyl sites for hydroxylation is 1. The summed E-state index contributed by atoms with van der Waals surface area (Å²) >= 11 is 5.97. The zero-order valence-electron chi connectivity index (χ0n) is 15.4. The Kier molecular flexibility index (Phi) is 6.01. The van der Waals surface area contributed by atoms with Crippen LogP contribution in [0.25, 0.3) is 0 Å². The second kappa shape index (κ2) is 8.44. The summed E-state index contributed by atoms with van der Waals surface area (Å²) in [5.74, 6) is 0.923. The van der Waals surface area contributed by atoms with Crippen molar-refractivity contribution in [3.05, 3.63) is 58.1 Å². The molecule has 1 heterocycles. The van der Waals surface area contributed by atoms with Gasteiger partial charge in [-0.1, -0.05) is 29.3 Å². The van der Waals surface area contributed by atoms with Crippen LogP contribution in [-0.4, -0.2) is 25.4 Å². The molecule has 1 atom stereocenters. The van der Waals surface area contributed by atoms with Gasteiger partial charge in [0, 0.05) is 29.8 Å². The third kappa shape index (κ3) is 4.61. The summed E-state index contributed by atoms with van der Waals surface area (Å²) in [6.45, 7) is 2.56. The van der Waals surface area contributed by atoms with Crippen LogP contribution in [0, 0.1) is 6.92 Å². The number of amides is 1. The van der Waals surface area contributed by atoms with Gasteiger partial charge in [-0.3, -0.25) is 9.59 Å². The number of ether oxygens (including phenoxy) is 2. The van der Waals surface area contributed by atoms with Gasteiger partial charge < -0.3 is 14.8 Å². The maximum atomic E-state index is 12.5. The number of benzene rings is 2. The molecule has 2 aromatic rings. The molecule has 0 aliphatic carbocycles. The fraction of sp³-hybridized carbons (Fsp3) is 0.333. The molecule has 0 radical (unpaired) electrons. The van der Waals surface area contributed by atoms with Crippen molar-refractivity contribution in [3.8, 4) is 11.5 Å². The van der Waals surface area contributed by atoms with Gasteiger partial charge in [0.25, 0.3) is 0 Å². The highest BCUT2D eigenvalue weighted by Crippen LogP contribution is 2.32. The van der Waals surface area contributed by atoms with Crippen molar-refractivity contribution in [1.29, 1.82) is 0 Å². The summed E-state index contributed by atoms with van der Waals surface area (Å²) in [5.41, 5.74) is 2.49. The largest absolute Gasteiger partial charge is 0.496 e. The zero-order chi connectivity index (χ0) is 19.4. The Morgan fingerprint density at radius 2 is 2.04 bits per heavy atom. The Morgan fingerprint density at radius 3 is 2.81 bits per heavy atom. The highest BCUT2D eigenvalue weighted by Gasteiger charge is 2.23. The minimum Gasteiger partial charge on any atom is -0.496 e. The number of methoxy groups -OCH3 is 1. The van der Waals surface area contributed by atoms with Crippen molar-refractivity contribution < 1.29 is 19.1 Å². The van der Waals surface area contributed by atoms with Gasteiger partial charge in [-0.05, 0) is 31.2 Å². The van der Waals surface area contributed by atoms with E-state index in [1.165, 1.54) is 7.11 Å². The maximum absolute atomic E-state index is 12.5. The van der Waals surface area contributed by atoms with E-state index in [1.54, 1.807) is 18.2 Å². The molecule has 2 aromatic carbocycles. The van der Waals surface area contributed by atoms with Crippen LogP contribution in [-0.2, 0) is 4.79 Å². The molecule has 27 heavy (non-hydrogen) atoms. The monoisotopic (exact) mass is 387 g/mol. The zero-order valence-corrected chi connectivity index (χ0v) is 16.1. The normalized spacial score (nSPS) is 15.4. The van der Waals surface area contributed by atoms with Crippen LogP contribution in [0.3, 0.4) is 0 Å². The third-order valence-electron chi connectivity index (χ3n) is 4.58. The first kappa shape index (κ1) is 19.2. The summed E-state index contributed by atoms with van der Waals surface area (Å²) < 4.78 is 10.9. The van der Waals surface area contributed by atoms with E-state index in [-0.39, 0.29) is 30.6 Å². The van der Waals surface area contributed by atoms with Crippen LogP contribution in [0.2, 0.25) is 5.02 Å². The van der Waals surface area contributed by atoms with Gasteiger partial charge in [0.15, 0.2) is 5.78 Å². The molecule has 1 aliphatic rings. The molecule has 1 unspecified atom stereocenters. The average molecular weight is 388 g/mol. The van der Waals surface area contributed by atoms with Crippen LogP contribution >= 0.6 is 11.6 Å². The molecule has 0 saturated heterocycles. The second-order valence-electron chi connectivity index (χ2n) is 6.57. The Hall–Kier alpha value is -2.53. The van der Waals surface area contributed by atoms with Gasteiger partial charge in [0.05, 0.1) is 25.3 Å². The summed E-state index contributed by atoms with van der Waals surface area (Å²) in [6, 6.07) is 10.7. The molecule has 1 aliphatic heterocycles. The van der Waals surface area contributed by atoms with E-state index in [2.05, 4.69) is 5.32 Å².